The normalized spacial score (nSPS) is 10.5. The Labute approximate surface area is 135 Å². The molecule has 0 aliphatic carbocycles. The molecule has 0 amide bonds. The lowest BCUT2D eigenvalue weighted by Gasteiger charge is -2.23. The number of thiophene rings is 1. The van der Waals surface area contributed by atoms with E-state index in [1.165, 1.54) is 24.9 Å². The van der Waals surface area contributed by atoms with Crippen molar-refractivity contribution < 1.29 is 19.4 Å². The zero-order valence-electron chi connectivity index (χ0n) is 13.6. The third kappa shape index (κ3) is 5.67. The van der Waals surface area contributed by atoms with Crippen LogP contribution in [0.1, 0.15) is 54.3 Å². The van der Waals surface area contributed by atoms with Crippen LogP contribution in [0.4, 0.5) is 5.00 Å². The highest BCUT2D eigenvalue weighted by Crippen LogP contribution is 2.32. The fraction of sp³-hybridized carbons (Fsp3) is 0.625. The number of rotatable bonds is 10. The van der Waals surface area contributed by atoms with E-state index in [2.05, 4.69) is 6.92 Å². The van der Waals surface area contributed by atoms with Crippen LogP contribution in [-0.2, 0) is 9.53 Å². The predicted molar refractivity (Wildman–Crippen MR) is 89.0 cm³/mol. The van der Waals surface area contributed by atoms with Gasteiger partial charge in [0.15, 0.2) is 0 Å². The van der Waals surface area contributed by atoms with Gasteiger partial charge in [-0.2, -0.15) is 0 Å². The minimum atomic E-state index is -0.827. The molecule has 0 atom stereocenters. The molecule has 0 spiro atoms. The Morgan fingerprint density at radius 3 is 2.59 bits per heavy atom. The smallest absolute Gasteiger partial charge is 0.340 e. The maximum Gasteiger partial charge on any atom is 0.340 e. The second kappa shape index (κ2) is 9.46. The van der Waals surface area contributed by atoms with E-state index in [0.717, 1.165) is 35.7 Å². The predicted octanol–water partition coefficient (Wildman–Crippen LogP) is 3.70. The van der Waals surface area contributed by atoms with Gasteiger partial charge in [-0.05, 0) is 19.4 Å². The van der Waals surface area contributed by atoms with E-state index in [0.29, 0.717) is 12.1 Å². The molecule has 1 heterocycles. The molecule has 0 saturated heterocycles. The van der Waals surface area contributed by atoms with Crippen molar-refractivity contribution in [3.8, 4) is 0 Å². The minimum Gasteiger partial charge on any atom is -0.481 e. The number of ether oxygens (including phenoxy) is 1. The van der Waals surface area contributed by atoms with E-state index in [4.69, 9.17) is 9.84 Å². The molecule has 0 unspecified atom stereocenters. The molecule has 1 N–H and O–H groups in total. The van der Waals surface area contributed by atoms with Crippen LogP contribution in [0.25, 0.3) is 0 Å². The number of hydrogen-bond donors (Lipinski definition) is 1. The number of methoxy groups -OCH3 is 1. The number of carbonyl (C=O) groups is 2. The van der Waals surface area contributed by atoms with Crippen molar-refractivity contribution in [3.63, 3.8) is 0 Å². The molecule has 5 nitrogen and oxygen atoms in total. The molecule has 0 fully saturated rings. The van der Waals surface area contributed by atoms with Crippen LogP contribution in [0, 0.1) is 6.92 Å². The highest BCUT2D eigenvalue weighted by molar-refractivity contribution is 7.16. The Hall–Kier alpha value is -1.56. The first-order chi connectivity index (χ1) is 10.5. The number of esters is 1. The van der Waals surface area contributed by atoms with Crippen molar-refractivity contribution in [2.45, 2.75) is 46.0 Å². The maximum absolute atomic E-state index is 11.9. The summed E-state index contributed by atoms with van der Waals surface area (Å²) < 4.78 is 4.83. The summed E-state index contributed by atoms with van der Waals surface area (Å²) in [6.07, 6.45) is 4.48. The monoisotopic (exact) mass is 327 g/mol. The van der Waals surface area contributed by atoms with E-state index >= 15 is 0 Å². The lowest BCUT2D eigenvalue weighted by atomic mass is 10.2. The lowest BCUT2D eigenvalue weighted by Crippen LogP contribution is -2.28. The third-order valence-electron chi connectivity index (χ3n) is 3.41. The Morgan fingerprint density at radius 2 is 2.00 bits per heavy atom. The number of carboxylic acids is 1. The van der Waals surface area contributed by atoms with Crippen LogP contribution in [-0.4, -0.2) is 37.2 Å². The number of unbranched alkanes of at least 4 members (excludes halogenated alkanes) is 3. The van der Waals surface area contributed by atoms with Gasteiger partial charge in [-0.15, -0.1) is 11.3 Å². The summed E-state index contributed by atoms with van der Waals surface area (Å²) in [7, 11) is 1.36. The topological polar surface area (TPSA) is 66.8 Å². The van der Waals surface area contributed by atoms with Crippen LogP contribution in [0.5, 0.6) is 0 Å². The van der Waals surface area contributed by atoms with Crippen LogP contribution in [0.3, 0.4) is 0 Å². The molecule has 0 aliphatic rings. The molecule has 0 saturated carbocycles. The summed E-state index contributed by atoms with van der Waals surface area (Å²) in [6, 6.07) is 1.81. The lowest BCUT2D eigenvalue weighted by molar-refractivity contribution is -0.136. The van der Waals surface area contributed by atoms with Gasteiger partial charge in [-0.3, -0.25) is 4.79 Å². The fourth-order valence-corrected chi connectivity index (χ4v) is 3.31. The number of nitrogens with zero attached hydrogens (tertiary/aromatic N) is 1. The molecule has 1 aromatic heterocycles. The first-order valence-corrected chi connectivity index (χ1v) is 8.46. The first kappa shape index (κ1) is 18.5. The number of aryl methyl sites for hydroxylation is 1. The Morgan fingerprint density at radius 1 is 1.27 bits per heavy atom. The number of carbonyl (C=O) groups excluding carboxylic acids is 1. The third-order valence-corrected chi connectivity index (χ3v) is 4.52. The van der Waals surface area contributed by atoms with Gasteiger partial charge in [0.05, 0.1) is 19.1 Å². The van der Waals surface area contributed by atoms with Gasteiger partial charge in [0.25, 0.3) is 0 Å². The van der Waals surface area contributed by atoms with Gasteiger partial charge in [0, 0.05) is 18.0 Å². The highest BCUT2D eigenvalue weighted by atomic mass is 32.1. The largest absolute Gasteiger partial charge is 0.481 e. The summed E-state index contributed by atoms with van der Waals surface area (Å²) in [5.41, 5.74) is 0.533. The minimum absolute atomic E-state index is 0.0609. The van der Waals surface area contributed by atoms with Gasteiger partial charge >= 0.3 is 11.9 Å². The van der Waals surface area contributed by atoms with Crippen LogP contribution < -0.4 is 4.90 Å². The second-order valence-electron chi connectivity index (χ2n) is 5.26. The average molecular weight is 327 g/mol. The second-order valence-corrected chi connectivity index (χ2v) is 6.49. The summed E-state index contributed by atoms with van der Waals surface area (Å²) >= 11 is 1.51. The van der Waals surface area contributed by atoms with Crippen LogP contribution in [0.2, 0.25) is 0 Å². The van der Waals surface area contributed by atoms with E-state index in [1.54, 1.807) is 0 Å². The van der Waals surface area contributed by atoms with Crippen molar-refractivity contribution in [2.24, 2.45) is 0 Å². The zero-order valence-corrected chi connectivity index (χ0v) is 14.4. The van der Waals surface area contributed by atoms with Gasteiger partial charge in [0.2, 0.25) is 0 Å². The molecule has 124 valence electrons. The maximum atomic E-state index is 11.9. The van der Waals surface area contributed by atoms with Gasteiger partial charge in [-0.25, -0.2) is 4.79 Å². The van der Waals surface area contributed by atoms with Crippen molar-refractivity contribution in [1.29, 1.82) is 0 Å². The zero-order chi connectivity index (χ0) is 16.5. The van der Waals surface area contributed by atoms with E-state index in [1.807, 2.05) is 17.9 Å². The van der Waals surface area contributed by atoms with Crippen molar-refractivity contribution in [3.05, 3.63) is 16.5 Å². The fourth-order valence-electron chi connectivity index (χ4n) is 2.27. The average Bonchev–Trinajstić information content (AvgIpc) is 2.87. The van der Waals surface area contributed by atoms with E-state index < -0.39 is 5.97 Å². The Kier molecular flexibility index (Phi) is 7.95. The van der Waals surface area contributed by atoms with E-state index in [9.17, 15) is 9.59 Å². The molecule has 1 aromatic rings. The number of hydrogen-bond acceptors (Lipinski definition) is 5. The van der Waals surface area contributed by atoms with Crippen molar-refractivity contribution in [2.75, 3.05) is 25.1 Å². The molecule has 1 rings (SSSR count). The van der Waals surface area contributed by atoms with Crippen LogP contribution >= 0.6 is 11.3 Å². The Bertz CT molecular complexity index is 498. The summed E-state index contributed by atoms with van der Waals surface area (Å²) in [5.74, 6) is -1.19. The summed E-state index contributed by atoms with van der Waals surface area (Å²) in [6.45, 7) is 5.26. The van der Waals surface area contributed by atoms with Crippen molar-refractivity contribution >= 4 is 28.3 Å². The van der Waals surface area contributed by atoms with Gasteiger partial charge < -0.3 is 14.7 Å². The molecule has 0 aromatic carbocycles. The van der Waals surface area contributed by atoms with Crippen LogP contribution in [0.15, 0.2) is 6.07 Å². The highest BCUT2D eigenvalue weighted by Gasteiger charge is 2.20. The van der Waals surface area contributed by atoms with Crippen molar-refractivity contribution in [1.82, 2.24) is 0 Å². The Balaban J connectivity index is 2.88. The number of carboxylic acid groups (broad SMARTS) is 1. The molecule has 0 bridgehead atoms. The molecule has 22 heavy (non-hydrogen) atoms. The quantitative estimate of drug-likeness (QED) is 0.524. The van der Waals surface area contributed by atoms with Gasteiger partial charge in [-0.1, -0.05) is 26.2 Å². The standard InChI is InChI=1S/C16H25NO4S/c1-4-5-6-7-9-17(10-8-14(18)19)15-13(16(20)21-3)11-12(2)22-15/h11H,4-10H2,1-3H3,(H,18,19). The SMILES string of the molecule is CCCCCCN(CCC(=O)O)c1sc(C)cc1C(=O)OC. The number of anilines is 1. The molecule has 6 heteroatoms. The molecular formula is C16H25NO4S. The molecular weight excluding hydrogens is 302 g/mol. The number of aliphatic carboxylic acids is 1. The van der Waals surface area contributed by atoms with Gasteiger partial charge in [0.1, 0.15) is 5.00 Å². The molecule has 0 radical (unpaired) electrons. The molecule has 0 aliphatic heterocycles. The van der Waals surface area contributed by atoms with E-state index in [-0.39, 0.29) is 12.4 Å². The summed E-state index contributed by atoms with van der Waals surface area (Å²) in [4.78, 5) is 25.8. The first-order valence-electron chi connectivity index (χ1n) is 7.65. The summed E-state index contributed by atoms with van der Waals surface area (Å²) in [5, 5.41) is 9.76.